The first kappa shape index (κ1) is 35.3. The average molecular weight is 724 g/mol. The quantitative estimate of drug-likeness (QED) is 0.164. The van der Waals surface area contributed by atoms with Gasteiger partial charge in [0.15, 0.2) is 5.76 Å². The Morgan fingerprint density at radius 2 is 1.17 bits per heavy atom. The van der Waals surface area contributed by atoms with Gasteiger partial charge in [-0.2, -0.15) is 0 Å². The fourth-order valence-corrected chi connectivity index (χ4v) is 6.58. The number of anilines is 2. The van der Waals surface area contributed by atoms with E-state index >= 15 is 0 Å². The molecule has 0 saturated carbocycles. The lowest BCUT2D eigenvalue weighted by Crippen LogP contribution is -2.43. The van der Waals surface area contributed by atoms with Crippen LogP contribution in [0.5, 0.6) is 0 Å². The van der Waals surface area contributed by atoms with Crippen molar-refractivity contribution in [2.75, 3.05) is 23.7 Å². The van der Waals surface area contributed by atoms with Crippen LogP contribution in [0.3, 0.4) is 0 Å². The van der Waals surface area contributed by atoms with Crippen molar-refractivity contribution in [3.8, 4) is 22.8 Å². The van der Waals surface area contributed by atoms with Crippen molar-refractivity contribution in [2.45, 2.75) is 63.8 Å². The molecule has 16 heteroatoms. The summed E-state index contributed by atoms with van der Waals surface area (Å²) in [5, 5.41) is 33.7. The van der Waals surface area contributed by atoms with Crippen molar-refractivity contribution in [3.05, 3.63) is 89.8 Å². The maximum absolute atomic E-state index is 13.2. The highest BCUT2D eigenvalue weighted by molar-refractivity contribution is 5.99. The van der Waals surface area contributed by atoms with Gasteiger partial charge in [-0.1, -0.05) is 10.3 Å². The van der Waals surface area contributed by atoms with E-state index in [0.29, 0.717) is 57.1 Å². The molecule has 53 heavy (non-hydrogen) atoms. The number of oxazole rings is 1. The second-order valence-corrected chi connectivity index (χ2v) is 13.3. The number of benzene rings is 2. The first-order chi connectivity index (χ1) is 25.5. The summed E-state index contributed by atoms with van der Waals surface area (Å²) >= 11 is 0. The van der Waals surface area contributed by atoms with Gasteiger partial charge >= 0.3 is 0 Å². The van der Waals surface area contributed by atoms with E-state index in [1.54, 1.807) is 80.7 Å². The number of aryl methyl sites for hydroxylation is 2. The van der Waals surface area contributed by atoms with Crippen LogP contribution in [0.2, 0.25) is 0 Å². The number of aliphatic hydroxyl groups is 2. The molecule has 274 valence electrons. The molecular formula is C37H37N7O9. The highest BCUT2D eigenvalue weighted by Gasteiger charge is 2.40. The number of amides is 4. The molecule has 2 fully saturated rings. The highest BCUT2D eigenvalue weighted by atomic mass is 16.5. The number of likely N-dealkylation sites (tertiary alicyclic amines) is 2. The van der Waals surface area contributed by atoms with Crippen molar-refractivity contribution in [1.29, 1.82) is 0 Å². The Labute approximate surface area is 302 Å². The monoisotopic (exact) mass is 723 g/mol. The van der Waals surface area contributed by atoms with Gasteiger partial charge in [-0.3, -0.25) is 19.2 Å². The summed E-state index contributed by atoms with van der Waals surface area (Å²) in [5.41, 5.74) is 3.65. The number of nitrogens with zero attached hydrogens (tertiary/aromatic N) is 5. The molecule has 4 atom stereocenters. The summed E-state index contributed by atoms with van der Waals surface area (Å²) in [5.74, 6) is 0.0959. The van der Waals surface area contributed by atoms with E-state index in [0.717, 1.165) is 0 Å². The van der Waals surface area contributed by atoms with Gasteiger partial charge in [0.25, 0.3) is 0 Å². The largest absolute Gasteiger partial charge is 0.436 e. The number of carbonyl (C=O) groups excluding carboxylic acids is 4. The predicted octanol–water partition coefficient (Wildman–Crippen LogP) is 2.89. The average Bonchev–Trinajstić information content (AvgIpc) is 3.98. The lowest BCUT2D eigenvalue weighted by Gasteiger charge is -2.23. The van der Waals surface area contributed by atoms with Crippen LogP contribution in [0.25, 0.3) is 22.8 Å². The fraction of sp³-hybridized carbons (Fsp3) is 0.324. The molecule has 4 amide bonds. The zero-order valence-electron chi connectivity index (χ0n) is 28.9. The van der Waals surface area contributed by atoms with Crippen molar-refractivity contribution in [2.24, 2.45) is 0 Å². The Bertz CT molecular complexity index is 1970. The topological polar surface area (TPSA) is 217 Å². The Morgan fingerprint density at radius 1 is 0.717 bits per heavy atom. The van der Waals surface area contributed by atoms with Gasteiger partial charge in [0.2, 0.25) is 29.5 Å². The number of hydrogen-bond acceptors (Lipinski definition) is 12. The number of aliphatic hydroxyl groups excluding tert-OH is 2. The molecule has 3 aromatic heterocycles. The van der Waals surface area contributed by atoms with Gasteiger partial charge in [0, 0.05) is 60.6 Å². The smallest absolute Gasteiger partial charge is 0.247 e. The minimum atomic E-state index is -0.843. The Balaban J connectivity index is 0.940. The van der Waals surface area contributed by atoms with Crippen molar-refractivity contribution < 1.29 is 42.9 Å². The second kappa shape index (κ2) is 14.8. The number of rotatable bonds is 10. The molecule has 16 nitrogen and oxygen atoms in total. The number of hydrogen-bond donors (Lipinski definition) is 4. The molecule has 2 aliphatic rings. The fourth-order valence-electron chi connectivity index (χ4n) is 6.58. The van der Waals surface area contributed by atoms with Gasteiger partial charge < -0.3 is 44.1 Å². The molecule has 0 radical (unpaired) electrons. The maximum atomic E-state index is 13.2. The summed E-state index contributed by atoms with van der Waals surface area (Å²) in [4.78, 5) is 59.3. The van der Waals surface area contributed by atoms with Crippen LogP contribution in [0.15, 0.2) is 80.3 Å². The molecule has 0 bridgehead atoms. The van der Waals surface area contributed by atoms with E-state index in [2.05, 4.69) is 25.9 Å². The Hall–Kier alpha value is -6.13. The molecule has 2 aliphatic heterocycles. The normalized spacial score (nSPS) is 19.8. The number of carbonyl (C=O) groups is 4. The first-order valence-corrected chi connectivity index (χ1v) is 17.1. The van der Waals surface area contributed by atoms with Crippen LogP contribution in [-0.4, -0.2) is 96.3 Å². The third-order valence-electron chi connectivity index (χ3n) is 9.15. The third kappa shape index (κ3) is 8.03. The SMILES string of the molecule is Cc1cc(CC(=O)N2C[C@H](O)C[C@H]2C(=O)Nc2ccc(-c3cnc(-c4ccc(NC(=O)[C@@H]5C[C@@H](O)CN5C(=O)Cc5cc(C)no5)cc4)o3)cc2)on1. The molecule has 0 aliphatic carbocycles. The lowest BCUT2D eigenvalue weighted by molar-refractivity contribution is -0.136. The molecule has 7 rings (SSSR count). The van der Waals surface area contributed by atoms with Crippen LogP contribution in [-0.2, 0) is 32.0 Å². The minimum Gasteiger partial charge on any atom is -0.436 e. The van der Waals surface area contributed by atoms with E-state index in [4.69, 9.17) is 13.5 Å². The van der Waals surface area contributed by atoms with E-state index < -0.39 is 36.1 Å². The van der Waals surface area contributed by atoms with Crippen molar-refractivity contribution in [3.63, 3.8) is 0 Å². The van der Waals surface area contributed by atoms with Crippen molar-refractivity contribution in [1.82, 2.24) is 25.1 Å². The summed E-state index contributed by atoms with van der Waals surface area (Å²) in [6.07, 6.45) is 0.0500. The minimum absolute atomic E-state index is 0.0467. The van der Waals surface area contributed by atoms with Gasteiger partial charge in [0.05, 0.1) is 42.6 Å². The lowest BCUT2D eigenvalue weighted by atomic mass is 10.1. The molecule has 0 spiro atoms. The third-order valence-corrected chi connectivity index (χ3v) is 9.15. The predicted molar refractivity (Wildman–Crippen MR) is 187 cm³/mol. The van der Waals surface area contributed by atoms with E-state index in [1.807, 2.05) is 0 Å². The summed E-state index contributed by atoms with van der Waals surface area (Å²) in [6.45, 7) is 3.59. The highest BCUT2D eigenvalue weighted by Crippen LogP contribution is 2.29. The van der Waals surface area contributed by atoms with E-state index in [9.17, 15) is 29.4 Å². The Morgan fingerprint density at radius 3 is 1.60 bits per heavy atom. The van der Waals surface area contributed by atoms with Gasteiger partial charge in [-0.05, 0) is 62.4 Å². The number of aromatic nitrogens is 3. The zero-order valence-corrected chi connectivity index (χ0v) is 28.9. The van der Waals surface area contributed by atoms with Crippen LogP contribution in [0.4, 0.5) is 11.4 Å². The summed E-state index contributed by atoms with van der Waals surface area (Å²) < 4.78 is 16.3. The summed E-state index contributed by atoms with van der Waals surface area (Å²) in [6, 6.07) is 15.4. The van der Waals surface area contributed by atoms with Gasteiger partial charge in [0.1, 0.15) is 23.6 Å². The second-order valence-electron chi connectivity index (χ2n) is 13.3. The molecule has 2 aromatic carbocycles. The van der Waals surface area contributed by atoms with Crippen LogP contribution < -0.4 is 10.6 Å². The van der Waals surface area contributed by atoms with Crippen LogP contribution in [0.1, 0.15) is 35.7 Å². The molecule has 4 N–H and O–H groups in total. The van der Waals surface area contributed by atoms with Crippen LogP contribution in [0, 0.1) is 13.8 Å². The van der Waals surface area contributed by atoms with Crippen LogP contribution >= 0.6 is 0 Å². The zero-order chi connectivity index (χ0) is 37.2. The van der Waals surface area contributed by atoms with Gasteiger partial charge in [-0.25, -0.2) is 4.98 Å². The van der Waals surface area contributed by atoms with Gasteiger partial charge in [-0.15, -0.1) is 0 Å². The van der Waals surface area contributed by atoms with Crippen molar-refractivity contribution >= 4 is 35.0 Å². The van der Waals surface area contributed by atoms with E-state index in [1.165, 1.54) is 9.80 Å². The molecule has 5 heterocycles. The Kier molecular flexibility index (Phi) is 9.88. The number of β-amino-alcohol motifs (C(OH)–C–C–N with tert-alkyl or cyclic N) is 2. The first-order valence-electron chi connectivity index (χ1n) is 17.1. The summed E-state index contributed by atoms with van der Waals surface area (Å²) in [7, 11) is 0. The maximum Gasteiger partial charge on any atom is 0.247 e. The molecule has 2 saturated heterocycles. The number of nitrogens with one attached hydrogen (secondary N) is 2. The molecular weight excluding hydrogens is 686 g/mol. The molecule has 5 aromatic rings. The molecule has 0 unspecified atom stereocenters. The standard InChI is InChI=1S/C37H37N7O9/c1-20-11-28(52-41-20)15-33(47)43-18-26(45)13-30(43)35(49)39-24-7-3-22(4-8-24)32-17-38-37(51-32)23-5-9-25(10-6-23)40-36(50)31-14-27(46)19-44(31)34(48)16-29-12-21(2)42-53-29/h3-12,17,26-27,30-31,45-46H,13-16,18-19H2,1-2H3,(H,39,49)(H,40,50)/t26-,27-,30+,31+/m1/s1. The van der Waals surface area contributed by atoms with E-state index in [-0.39, 0.29) is 50.6 Å².